The van der Waals surface area contributed by atoms with Gasteiger partial charge < -0.3 is 9.26 Å². The molecule has 0 atom stereocenters. The first-order valence-electron chi connectivity index (χ1n) is 2.95. The molecule has 0 spiro atoms. The maximum absolute atomic E-state index is 4.85. The highest BCUT2D eigenvalue weighted by molar-refractivity contribution is 5.40. The Hall–Kier alpha value is -1.25. The molecule has 0 aromatic carbocycles. The fourth-order valence-corrected chi connectivity index (χ4v) is 0.597. The van der Waals surface area contributed by atoms with E-state index in [0.717, 1.165) is 5.69 Å². The molecule has 0 unspecified atom stereocenters. The molecule has 0 saturated heterocycles. The molecule has 1 aromatic heterocycles. The number of hydrogen-bond donors (Lipinski definition) is 0. The van der Waals surface area contributed by atoms with Crippen LogP contribution in [0.3, 0.4) is 0 Å². The van der Waals surface area contributed by atoms with Crippen LogP contribution in [0.1, 0.15) is 11.5 Å². The summed E-state index contributed by atoms with van der Waals surface area (Å²) in [5.41, 5.74) is 0.871. The van der Waals surface area contributed by atoms with E-state index in [0.29, 0.717) is 5.76 Å². The Morgan fingerprint density at radius 1 is 1.70 bits per heavy atom. The van der Waals surface area contributed by atoms with E-state index < -0.39 is 0 Å². The van der Waals surface area contributed by atoms with Gasteiger partial charge in [0.1, 0.15) is 0 Å². The number of hydrogen-bond acceptors (Lipinski definition) is 3. The van der Waals surface area contributed by atoms with Crippen LogP contribution >= 0.6 is 0 Å². The second kappa shape index (κ2) is 3.06. The van der Waals surface area contributed by atoms with E-state index in [4.69, 9.17) is 4.52 Å². The maximum atomic E-state index is 4.85. The summed E-state index contributed by atoms with van der Waals surface area (Å²) in [4.78, 5) is 0. The molecule has 10 heavy (non-hydrogen) atoms. The fourth-order valence-electron chi connectivity index (χ4n) is 0.597. The van der Waals surface area contributed by atoms with E-state index in [1.165, 1.54) is 0 Å². The highest BCUT2D eigenvalue weighted by Gasteiger charge is 1.93. The molecule has 1 heterocycles. The summed E-state index contributed by atoms with van der Waals surface area (Å²) >= 11 is 0. The van der Waals surface area contributed by atoms with Crippen molar-refractivity contribution < 1.29 is 9.26 Å². The number of aryl methyl sites for hydroxylation is 1. The Morgan fingerprint density at radius 2 is 2.50 bits per heavy atom. The zero-order valence-electron chi connectivity index (χ0n) is 6.00. The summed E-state index contributed by atoms with van der Waals surface area (Å²) in [6, 6.07) is 1.83. The molecule has 3 heteroatoms. The van der Waals surface area contributed by atoms with Crippen LogP contribution in [0, 0.1) is 6.92 Å². The van der Waals surface area contributed by atoms with Gasteiger partial charge in [-0.2, -0.15) is 0 Å². The number of nitrogens with zero attached hydrogens (tertiary/aromatic N) is 1. The van der Waals surface area contributed by atoms with Gasteiger partial charge in [0.25, 0.3) is 0 Å². The lowest BCUT2D eigenvalue weighted by Crippen LogP contribution is -1.64. The second-order valence-electron chi connectivity index (χ2n) is 1.91. The molecule has 1 aromatic rings. The number of aromatic nitrogens is 1. The molecule has 0 N–H and O–H groups in total. The Balaban J connectivity index is 2.67. The highest BCUT2D eigenvalue weighted by Crippen LogP contribution is 2.03. The van der Waals surface area contributed by atoms with E-state index in [-0.39, 0.29) is 0 Å². The molecule has 0 aliphatic heterocycles. The molecule has 0 bridgehead atoms. The van der Waals surface area contributed by atoms with Crippen LogP contribution in [0.25, 0.3) is 6.08 Å². The van der Waals surface area contributed by atoms with E-state index in [2.05, 4.69) is 9.89 Å². The Kier molecular flexibility index (Phi) is 2.10. The van der Waals surface area contributed by atoms with E-state index >= 15 is 0 Å². The minimum Gasteiger partial charge on any atom is -0.504 e. The normalized spacial score (nSPS) is 10.6. The molecule has 0 saturated carbocycles. The monoisotopic (exact) mass is 139 g/mol. The van der Waals surface area contributed by atoms with Crippen molar-refractivity contribution in [3.63, 3.8) is 0 Å². The summed E-state index contributed by atoms with van der Waals surface area (Å²) in [5.74, 6) is 0.708. The molecule has 54 valence electrons. The molecule has 0 aliphatic rings. The SMILES string of the molecule is COC=Cc1cc(C)no1. The third-order valence-electron chi connectivity index (χ3n) is 1.01. The van der Waals surface area contributed by atoms with Crippen LogP contribution < -0.4 is 0 Å². The van der Waals surface area contributed by atoms with E-state index in [1.807, 2.05) is 13.0 Å². The first-order chi connectivity index (χ1) is 4.83. The van der Waals surface area contributed by atoms with Gasteiger partial charge in [-0.3, -0.25) is 0 Å². The highest BCUT2D eigenvalue weighted by atomic mass is 16.5. The topological polar surface area (TPSA) is 35.3 Å². The van der Waals surface area contributed by atoms with Crippen LogP contribution in [0.4, 0.5) is 0 Å². The molecule has 0 amide bonds. The van der Waals surface area contributed by atoms with Gasteiger partial charge in [0, 0.05) is 12.1 Å². The Labute approximate surface area is 59.3 Å². The minimum atomic E-state index is 0.708. The molecule has 1 rings (SSSR count). The van der Waals surface area contributed by atoms with Crippen LogP contribution in [0.2, 0.25) is 0 Å². The Morgan fingerprint density at radius 3 is 3.00 bits per heavy atom. The average Bonchev–Trinajstić information content (AvgIpc) is 2.31. The van der Waals surface area contributed by atoms with Crippen LogP contribution in [0.5, 0.6) is 0 Å². The van der Waals surface area contributed by atoms with Crippen molar-refractivity contribution in [2.24, 2.45) is 0 Å². The average molecular weight is 139 g/mol. The molecular formula is C7H9NO2. The van der Waals surface area contributed by atoms with Crippen molar-refractivity contribution >= 4 is 6.08 Å². The lowest BCUT2D eigenvalue weighted by Gasteiger charge is -1.81. The van der Waals surface area contributed by atoms with Crippen molar-refractivity contribution in [1.29, 1.82) is 0 Å². The fraction of sp³-hybridized carbons (Fsp3) is 0.286. The van der Waals surface area contributed by atoms with Crippen LogP contribution in [-0.2, 0) is 4.74 Å². The number of rotatable bonds is 2. The standard InChI is InChI=1S/C7H9NO2/c1-6-5-7(10-8-6)3-4-9-2/h3-5H,1-2H3. The second-order valence-corrected chi connectivity index (χ2v) is 1.91. The van der Waals surface area contributed by atoms with Gasteiger partial charge in [-0.05, 0) is 6.92 Å². The number of ether oxygens (including phenoxy) is 1. The van der Waals surface area contributed by atoms with Gasteiger partial charge in [0.05, 0.1) is 19.1 Å². The van der Waals surface area contributed by atoms with Crippen LogP contribution in [-0.4, -0.2) is 12.3 Å². The van der Waals surface area contributed by atoms with Gasteiger partial charge in [0.15, 0.2) is 5.76 Å². The van der Waals surface area contributed by atoms with Gasteiger partial charge in [0.2, 0.25) is 0 Å². The molecule has 0 radical (unpaired) electrons. The van der Waals surface area contributed by atoms with Gasteiger partial charge in [-0.1, -0.05) is 5.16 Å². The van der Waals surface area contributed by atoms with Gasteiger partial charge >= 0.3 is 0 Å². The lowest BCUT2D eigenvalue weighted by atomic mass is 10.4. The predicted molar refractivity (Wildman–Crippen MR) is 37.3 cm³/mol. The molecule has 0 fully saturated rings. The molecular weight excluding hydrogens is 130 g/mol. The Bertz CT molecular complexity index is 227. The number of methoxy groups -OCH3 is 1. The van der Waals surface area contributed by atoms with Crippen molar-refractivity contribution in [3.8, 4) is 0 Å². The van der Waals surface area contributed by atoms with Crippen molar-refractivity contribution in [2.45, 2.75) is 6.92 Å². The third-order valence-corrected chi connectivity index (χ3v) is 1.01. The molecule has 0 aliphatic carbocycles. The third kappa shape index (κ3) is 1.62. The summed E-state index contributed by atoms with van der Waals surface area (Å²) < 4.78 is 9.54. The summed E-state index contributed by atoms with van der Waals surface area (Å²) in [7, 11) is 1.58. The zero-order chi connectivity index (χ0) is 7.40. The zero-order valence-corrected chi connectivity index (χ0v) is 6.00. The van der Waals surface area contributed by atoms with Gasteiger partial charge in [-0.25, -0.2) is 0 Å². The van der Waals surface area contributed by atoms with Crippen molar-refractivity contribution in [2.75, 3.05) is 7.11 Å². The first-order valence-corrected chi connectivity index (χ1v) is 2.95. The summed E-state index contributed by atoms with van der Waals surface area (Å²) in [6.07, 6.45) is 3.25. The van der Waals surface area contributed by atoms with E-state index in [1.54, 1.807) is 19.4 Å². The lowest BCUT2D eigenvalue weighted by molar-refractivity contribution is 0.339. The smallest absolute Gasteiger partial charge is 0.162 e. The van der Waals surface area contributed by atoms with Crippen molar-refractivity contribution in [3.05, 3.63) is 23.8 Å². The van der Waals surface area contributed by atoms with Crippen molar-refractivity contribution in [1.82, 2.24) is 5.16 Å². The minimum absolute atomic E-state index is 0.708. The quantitative estimate of drug-likeness (QED) is 0.584. The van der Waals surface area contributed by atoms with Crippen LogP contribution in [0.15, 0.2) is 16.9 Å². The summed E-state index contributed by atoms with van der Waals surface area (Å²) in [6.45, 7) is 1.87. The maximum Gasteiger partial charge on any atom is 0.162 e. The first kappa shape index (κ1) is 6.86. The largest absolute Gasteiger partial charge is 0.504 e. The molecule has 3 nitrogen and oxygen atoms in total. The predicted octanol–water partition coefficient (Wildman–Crippen LogP) is 1.60. The van der Waals surface area contributed by atoms with E-state index in [9.17, 15) is 0 Å². The summed E-state index contributed by atoms with van der Waals surface area (Å²) in [5, 5.41) is 3.69. The van der Waals surface area contributed by atoms with Gasteiger partial charge in [-0.15, -0.1) is 0 Å².